The van der Waals surface area contributed by atoms with Crippen molar-refractivity contribution in [2.45, 2.75) is 13.8 Å². The highest BCUT2D eigenvalue weighted by atomic mass is 16.5. The standard InChI is InChI=1S/C18H18N2O4/c1-11-7-6-10-14(12(11)2)19-16(21)17(22)20-15-9-5-4-8-13(15)18(23)24-3/h4-10H,1-3H3,(H,19,21)(H,20,22). The number of aryl methyl sites for hydroxylation is 1. The van der Waals surface area contributed by atoms with Gasteiger partial charge < -0.3 is 15.4 Å². The normalized spacial score (nSPS) is 9.96. The third kappa shape index (κ3) is 3.78. The predicted octanol–water partition coefficient (Wildman–Crippen LogP) is 2.67. The largest absolute Gasteiger partial charge is 0.465 e. The van der Waals surface area contributed by atoms with E-state index in [4.69, 9.17) is 0 Å². The zero-order valence-corrected chi connectivity index (χ0v) is 13.7. The quantitative estimate of drug-likeness (QED) is 0.671. The maximum Gasteiger partial charge on any atom is 0.339 e. The van der Waals surface area contributed by atoms with Crippen LogP contribution in [-0.4, -0.2) is 24.9 Å². The molecule has 2 amide bonds. The van der Waals surface area contributed by atoms with Crippen molar-refractivity contribution in [3.8, 4) is 0 Å². The van der Waals surface area contributed by atoms with Gasteiger partial charge in [0.05, 0.1) is 18.4 Å². The van der Waals surface area contributed by atoms with Crippen LogP contribution in [0.1, 0.15) is 21.5 Å². The molecule has 0 bridgehead atoms. The maximum absolute atomic E-state index is 12.1. The summed E-state index contributed by atoms with van der Waals surface area (Å²) in [6, 6.07) is 11.7. The molecule has 0 aliphatic heterocycles. The van der Waals surface area contributed by atoms with Crippen molar-refractivity contribution in [3.05, 3.63) is 59.2 Å². The van der Waals surface area contributed by atoms with Crippen LogP contribution in [0.15, 0.2) is 42.5 Å². The number of rotatable bonds is 3. The van der Waals surface area contributed by atoms with Crippen LogP contribution in [0.4, 0.5) is 11.4 Å². The summed E-state index contributed by atoms with van der Waals surface area (Å²) < 4.78 is 4.65. The second kappa shape index (κ2) is 7.41. The molecule has 0 atom stereocenters. The van der Waals surface area contributed by atoms with Gasteiger partial charge >= 0.3 is 17.8 Å². The lowest BCUT2D eigenvalue weighted by atomic mass is 10.1. The molecule has 0 fully saturated rings. The zero-order valence-electron chi connectivity index (χ0n) is 13.7. The van der Waals surface area contributed by atoms with E-state index in [1.807, 2.05) is 19.9 Å². The van der Waals surface area contributed by atoms with Gasteiger partial charge in [-0.05, 0) is 43.2 Å². The minimum Gasteiger partial charge on any atom is -0.465 e. The molecule has 0 aliphatic rings. The molecular formula is C18H18N2O4. The van der Waals surface area contributed by atoms with Gasteiger partial charge in [-0.15, -0.1) is 0 Å². The second-order valence-electron chi connectivity index (χ2n) is 5.19. The number of methoxy groups -OCH3 is 1. The van der Waals surface area contributed by atoms with Crippen LogP contribution in [0, 0.1) is 13.8 Å². The molecule has 2 N–H and O–H groups in total. The number of hydrogen-bond acceptors (Lipinski definition) is 4. The van der Waals surface area contributed by atoms with E-state index < -0.39 is 17.8 Å². The van der Waals surface area contributed by atoms with E-state index in [-0.39, 0.29) is 11.3 Å². The van der Waals surface area contributed by atoms with Gasteiger partial charge in [0.1, 0.15) is 0 Å². The van der Waals surface area contributed by atoms with Crippen LogP contribution in [0.5, 0.6) is 0 Å². The molecule has 2 rings (SSSR count). The first-order chi connectivity index (χ1) is 11.4. The van der Waals surface area contributed by atoms with Crippen molar-refractivity contribution < 1.29 is 19.1 Å². The molecule has 24 heavy (non-hydrogen) atoms. The number of esters is 1. The Morgan fingerprint density at radius 1 is 0.833 bits per heavy atom. The Kier molecular flexibility index (Phi) is 5.31. The average molecular weight is 326 g/mol. The third-order valence-corrected chi connectivity index (χ3v) is 3.64. The minimum absolute atomic E-state index is 0.174. The van der Waals surface area contributed by atoms with E-state index in [9.17, 15) is 14.4 Å². The van der Waals surface area contributed by atoms with Crippen LogP contribution in [0.3, 0.4) is 0 Å². The number of nitrogens with one attached hydrogen (secondary N) is 2. The first kappa shape index (κ1) is 17.2. The highest BCUT2D eigenvalue weighted by molar-refractivity contribution is 6.44. The molecule has 2 aromatic carbocycles. The summed E-state index contributed by atoms with van der Waals surface area (Å²) in [7, 11) is 1.24. The highest BCUT2D eigenvalue weighted by Gasteiger charge is 2.18. The van der Waals surface area contributed by atoms with Gasteiger partial charge in [-0.1, -0.05) is 24.3 Å². The smallest absolute Gasteiger partial charge is 0.339 e. The maximum atomic E-state index is 12.1. The summed E-state index contributed by atoms with van der Waals surface area (Å²) in [5.74, 6) is -2.28. The number of benzene rings is 2. The average Bonchev–Trinajstić information content (AvgIpc) is 2.58. The molecule has 0 saturated heterocycles. The molecule has 0 spiro atoms. The van der Waals surface area contributed by atoms with Crippen LogP contribution >= 0.6 is 0 Å². The minimum atomic E-state index is -0.868. The van der Waals surface area contributed by atoms with E-state index >= 15 is 0 Å². The topological polar surface area (TPSA) is 84.5 Å². The molecular weight excluding hydrogens is 308 g/mol. The van der Waals surface area contributed by atoms with Crippen LogP contribution < -0.4 is 10.6 Å². The Labute approximate surface area is 139 Å². The first-order valence-electron chi connectivity index (χ1n) is 7.30. The molecule has 0 aliphatic carbocycles. The van der Waals surface area contributed by atoms with Crippen molar-refractivity contribution in [3.63, 3.8) is 0 Å². The Balaban J connectivity index is 2.14. The van der Waals surface area contributed by atoms with Crippen LogP contribution in [-0.2, 0) is 14.3 Å². The Bertz CT molecular complexity index is 799. The van der Waals surface area contributed by atoms with Gasteiger partial charge in [-0.2, -0.15) is 0 Å². The second-order valence-corrected chi connectivity index (χ2v) is 5.19. The van der Waals surface area contributed by atoms with Gasteiger partial charge in [0, 0.05) is 5.69 Å². The SMILES string of the molecule is COC(=O)c1ccccc1NC(=O)C(=O)Nc1cccc(C)c1C. The first-order valence-corrected chi connectivity index (χ1v) is 7.30. The van der Waals surface area contributed by atoms with Crippen molar-refractivity contribution >= 4 is 29.2 Å². The Morgan fingerprint density at radius 3 is 2.08 bits per heavy atom. The van der Waals surface area contributed by atoms with E-state index in [2.05, 4.69) is 15.4 Å². The highest BCUT2D eigenvalue weighted by Crippen LogP contribution is 2.19. The van der Waals surface area contributed by atoms with Crippen molar-refractivity contribution in [1.82, 2.24) is 0 Å². The zero-order chi connectivity index (χ0) is 17.7. The Hall–Kier alpha value is -3.15. The van der Waals surface area contributed by atoms with E-state index in [1.54, 1.807) is 24.3 Å². The lowest BCUT2D eigenvalue weighted by Gasteiger charge is -2.11. The molecule has 0 saturated carbocycles. The molecule has 0 unspecified atom stereocenters. The number of ether oxygens (including phenoxy) is 1. The van der Waals surface area contributed by atoms with Gasteiger partial charge in [0.15, 0.2) is 0 Å². The van der Waals surface area contributed by atoms with E-state index in [0.29, 0.717) is 5.69 Å². The molecule has 6 heteroatoms. The molecule has 6 nitrogen and oxygen atoms in total. The molecule has 0 radical (unpaired) electrons. The van der Waals surface area contributed by atoms with Crippen LogP contribution in [0.2, 0.25) is 0 Å². The number of carbonyl (C=O) groups is 3. The number of anilines is 2. The third-order valence-electron chi connectivity index (χ3n) is 3.64. The van der Waals surface area contributed by atoms with Gasteiger partial charge in [0.25, 0.3) is 0 Å². The van der Waals surface area contributed by atoms with Crippen molar-refractivity contribution in [2.75, 3.05) is 17.7 Å². The van der Waals surface area contributed by atoms with E-state index in [0.717, 1.165) is 11.1 Å². The van der Waals surface area contributed by atoms with Crippen molar-refractivity contribution in [1.29, 1.82) is 0 Å². The molecule has 0 heterocycles. The fourth-order valence-electron chi connectivity index (χ4n) is 2.12. The van der Waals surface area contributed by atoms with Gasteiger partial charge in [0.2, 0.25) is 0 Å². The summed E-state index contributed by atoms with van der Waals surface area (Å²) >= 11 is 0. The molecule has 2 aromatic rings. The summed E-state index contributed by atoms with van der Waals surface area (Å²) in [4.78, 5) is 35.9. The fourth-order valence-corrected chi connectivity index (χ4v) is 2.12. The summed E-state index contributed by atoms with van der Waals surface area (Å²) in [6.45, 7) is 3.77. The lowest BCUT2D eigenvalue weighted by Crippen LogP contribution is -2.30. The Morgan fingerprint density at radius 2 is 1.42 bits per heavy atom. The molecule has 0 aromatic heterocycles. The summed E-state index contributed by atoms with van der Waals surface area (Å²) in [6.07, 6.45) is 0. The molecule has 124 valence electrons. The monoisotopic (exact) mass is 326 g/mol. The lowest BCUT2D eigenvalue weighted by molar-refractivity contribution is -0.133. The predicted molar refractivity (Wildman–Crippen MR) is 91.0 cm³/mol. The van der Waals surface area contributed by atoms with Gasteiger partial charge in [-0.3, -0.25) is 9.59 Å². The summed E-state index contributed by atoms with van der Waals surface area (Å²) in [5, 5.41) is 4.99. The van der Waals surface area contributed by atoms with Crippen LogP contribution in [0.25, 0.3) is 0 Å². The number of para-hydroxylation sites is 1. The van der Waals surface area contributed by atoms with E-state index in [1.165, 1.54) is 19.2 Å². The fraction of sp³-hybridized carbons (Fsp3) is 0.167. The van der Waals surface area contributed by atoms with Crippen molar-refractivity contribution in [2.24, 2.45) is 0 Å². The van der Waals surface area contributed by atoms with Gasteiger partial charge in [-0.25, -0.2) is 4.79 Å². The number of hydrogen-bond donors (Lipinski definition) is 2. The number of amides is 2. The number of carbonyl (C=O) groups excluding carboxylic acids is 3. The summed E-state index contributed by atoms with van der Waals surface area (Å²) in [5.41, 5.74) is 2.84.